The standard InChI is InChI=1S/C10H14BrClN2O/c11-8-6-9(12)10(14-7-8)13-4-2-1-3-5-15/h6-7,15H,1-5H2,(H,13,14). The molecule has 2 N–H and O–H groups in total. The van der Waals surface area contributed by atoms with Gasteiger partial charge in [-0.1, -0.05) is 11.6 Å². The van der Waals surface area contributed by atoms with Crippen LogP contribution in [-0.2, 0) is 0 Å². The highest BCUT2D eigenvalue weighted by molar-refractivity contribution is 9.10. The Balaban J connectivity index is 2.31. The minimum Gasteiger partial charge on any atom is -0.396 e. The van der Waals surface area contributed by atoms with Gasteiger partial charge >= 0.3 is 0 Å². The Labute approximate surface area is 103 Å². The fourth-order valence-electron chi connectivity index (χ4n) is 1.17. The molecule has 0 aliphatic carbocycles. The number of nitrogens with one attached hydrogen (secondary N) is 1. The molecular weight excluding hydrogens is 279 g/mol. The molecule has 0 fully saturated rings. The zero-order valence-electron chi connectivity index (χ0n) is 8.34. The van der Waals surface area contributed by atoms with Crippen molar-refractivity contribution < 1.29 is 5.11 Å². The highest BCUT2D eigenvalue weighted by Crippen LogP contribution is 2.22. The van der Waals surface area contributed by atoms with E-state index in [0.717, 1.165) is 30.3 Å². The summed E-state index contributed by atoms with van der Waals surface area (Å²) in [6.07, 6.45) is 4.58. The van der Waals surface area contributed by atoms with Crippen molar-refractivity contribution in [2.45, 2.75) is 19.3 Å². The summed E-state index contributed by atoms with van der Waals surface area (Å²) in [7, 11) is 0. The van der Waals surface area contributed by atoms with E-state index in [4.69, 9.17) is 16.7 Å². The number of anilines is 1. The van der Waals surface area contributed by atoms with Crippen molar-refractivity contribution in [1.29, 1.82) is 0 Å². The Hall–Kier alpha value is -0.320. The van der Waals surface area contributed by atoms with E-state index >= 15 is 0 Å². The molecule has 0 aliphatic heterocycles. The van der Waals surface area contributed by atoms with Gasteiger partial charge in [-0.3, -0.25) is 0 Å². The molecular formula is C10H14BrClN2O. The molecule has 0 radical (unpaired) electrons. The summed E-state index contributed by atoms with van der Waals surface area (Å²) < 4.78 is 0.873. The summed E-state index contributed by atoms with van der Waals surface area (Å²) in [6.45, 7) is 1.09. The fourth-order valence-corrected chi connectivity index (χ4v) is 1.86. The van der Waals surface area contributed by atoms with Crippen LogP contribution in [0.15, 0.2) is 16.7 Å². The largest absolute Gasteiger partial charge is 0.396 e. The van der Waals surface area contributed by atoms with Crippen LogP contribution < -0.4 is 5.32 Å². The third kappa shape index (κ3) is 4.82. The maximum Gasteiger partial charge on any atom is 0.144 e. The number of rotatable bonds is 6. The molecule has 0 amide bonds. The summed E-state index contributed by atoms with van der Waals surface area (Å²) in [5.41, 5.74) is 0. The lowest BCUT2D eigenvalue weighted by Gasteiger charge is -2.06. The lowest BCUT2D eigenvalue weighted by molar-refractivity contribution is 0.283. The van der Waals surface area contributed by atoms with E-state index in [1.54, 1.807) is 6.20 Å². The predicted molar refractivity (Wildman–Crippen MR) is 66.4 cm³/mol. The lowest BCUT2D eigenvalue weighted by Crippen LogP contribution is -2.04. The van der Waals surface area contributed by atoms with Crippen molar-refractivity contribution in [3.63, 3.8) is 0 Å². The quantitative estimate of drug-likeness (QED) is 0.792. The van der Waals surface area contributed by atoms with Gasteiger partial charge in [-0.15, -0.1) is 0 Å². The molecule has 0 unspecified atom stereocenters. The van der Waals surface area contributed by atoms with Crippen LogP contribution in [-0.4, -0.2) is 23.2 Å². The van der Waals surface area contributed by atoms with Crippen LogP contribution in [0.4, 0.5) is 5.82 Å². The molecule has 15 heavy (non-hydrogen) atoms. The zero-order valence-corrected chi connectivity index (χ0v) is 10.7. The maximum absolute atomic E-state index is 8.60. The number of halogens is 2. The molecule has 3 nitrogen and oxygen atoms in total. The van der Waals surface area contributed by atoms with Gasteiger partial charge < -0.3 is 10.4 Å². The van der Waals surface area contributed by atoms with Crippen LogP contribution in [0.5, 0.6) is 0 Å². The van der Waals surface area contributed by atoms with Crippen LogP contribution in [0.3, 0.4) is 0 Å². The molecule has 0 atom stereocenters. The molecule has 0 aromatic carbocycles. The van der Waals surface area contributed by atoms with Crippen molar-refractivity contribution in [2.24, 2.45) is 0 Å². The van der Waals surface area contributed by atoms with Crippen LogP contribution in [0.25, 0.3) is 0 Å². The van der Waals surface area contributed by atoms with E-state index in [-0.39, 0.29) is 6.61 Å². The van der Waals surface area contributed by atoms with Crippen molar-refractivity contribution in [3.8, 4) is 0 Å². The van der Waals surface area contributed by atoms with Crippen molar-refractivity contribution in [2.75, 3.05) is 18.5 Å². The second kappa shape index (κ2) is 7.04. The summed E-state index contributed by atoms with van der Waals surface area (Å²) >= 11 is 9.27. The molecule has 0 aliphatic rings. The molecule has 0 bridgehead atoms. The third-order valence-electron chi connectivity index (χ3n) is 1.94. The van der Waals surface area contributed by atoms with Gasteiger partial charge in [-0.05, 0) is 41.3 Å². The van der Waals surface area contributed by atoms with Crippen LogP contribution >= 0.6 is 27.5 Å². The van der Waals surface area contributed by atoms with Crippen LogP contribution in [0, 0.1) is 0 Å². The van der Waals surface area contributed by atoms with Crippen molar-refractivity contribution in [1.82, 2.24) is 4.98 Å². The highest BCUT2D eigenvalue weighted by atomic mass is 79.9. The highest BCUT2D eigenvalue weighted by Gasteiger charge is 2.01. The first-order valence-corrected chi connectivity index (χ1v) is 6.07. The molecule has 1 rings (SSSR count). The number of pyridine rings is 1. The Morgan fingerprint density at radius 2 is 2.20 bits per heavy atom. The van der Waals surface area contributed by atoms with Gasteiger partial charge in [0, 0.05) is 23.8 Å². The number of aromatic nitrogens is 1. The SMILES string of the molecule is OCCCCCNc1ncc(Br)cc1Cl. The second-order valence-electron chi connectivity index (χ2n) is 3.20. The van der Waals surface area contributed by atoms with Gasteiger partial charge in [-0.25, -0.2) is 4.98 Å². The average Bonchev–Trinajstić information content (AvgIpc) is 2.20. The third-order valence-corrected chi connectivity index (χ3v) is 2.66. The number of aliphatic hydroxyl groups excluding tert-OH is 1. The summed E-state index contributed by atoms with van der Waals surface area (Å²) in [4.78, 5) is 4.16. The molecule has 84 valence electrons. The van der Waals surface area contributed by atoms with Crippen LogP contribution in [0.1, 0.15) is 19.3 Å². The summed E-state index contributed by atoms with van der Waals surface area (Å²) in [5, 5.41) is 12.4. The number of nitrogens with zero attached hydrogens (tertiary/aromatic N) is 1. The molecule has 5 heteroatoms. The van der Waals surface area contributed by atoms with Gasteiger partial charge in [0.05, 0.1) is 5.02 Å². The van der Waals surface area contributed by atoms with Gasteiger partial charge in [0.2, 0.25) is 0 Å². The van der Waals surface area contributed by atoms with E-state index in [1.807, 2.05) is 6.07 Å². The fraction of sp³-hybridized carbons (Fsp3) is 0.500. The minimum atomic E-state index is 0.261. The molecule has 0 spiro atoms. The predicted octanol–water partition coefficient (Wildman–Crippen LogP) is 3.07. The number of hydrogen-bond acceptors (Lipinski definition) is 3. The first-order chi connectivity index (χ1) is 7.24. The Bertz CT molecular complexity index is 309. The first kappa shape index (κ1) is 12.7. The van der Waals surface area contributed by atoms with E-state index in [0.29, 0.717) is 10.8 Å². The Morgan fingerprint density at radius 1 is 1.40 bits per heavy atom. The smallest absolute Gasteiger partial charge is 0.144 e. The average molecular weight is 294 g/mol. The van der Waals surface area contributed by atoms with E-state index in [9.17, 15) is 0 Å². The number of hydrogen-bond donors (Lipinski definition) is 2. The minimum absolute atomic E-state index is 0.261. The molecule has 0 saturated heterocycles. The molecule has 1 aromatic heterocycles. The Kier molecular flexibility index (Phi) is 5.98. The van der Waals surface area contributed by atoms with Gasteiger partial charge in [-0.2, -0.15) is 0 Å². The summed E-state index contributed by atoms with van der Waals surface area (Å²) in [6, 6.07) is 1.81. The number of aliphatic hydroxyl groups is 1. The van der Waals surface area contributed by atoms with Crippen molar-refractivity contribution >= 4 is 33.3 Å². The molecule has 1 aromatic rings. The van der Waals surface area contributed by atoms with E-state index in [2.05, 4.69) is 26.2 Å². The van der Waals surface area contributed by atoms with E-state index in [1.165, 1.54) is 0 Å². The zero-order chi connectivity index (χ0) is 11.1. The lowest BCUT2D eigenvalue weighted by atomic mass is 10.2. The topological polar surface area (TPSA) is 45.1 Å². The Morgan fingerprint density at radius 3 is 2.87 bits per heavy atom. The second-order valence-corrected chi connectivity index (χ2v) is 4.52. The summed E-state index contributed by atoms with van der Waals surface area (Å²) in [5.74, 6) is 0.712. The first-order valence-electron chi connectivity index (χ1n) is 4.90. The monoisotopic (exact) mass is 292 g/mol. The van der Waals surface area contributed by atoms with Gasteiger partial charge in [0.25, 0.3) is 0 Å². The molecule has 0 saturated carbocycles. The number of unbranched alkanes of at least 4 members (excludes halogenated alkanes) is 2. The van der Waals surface area contributed by atoms with E-state index < -0.39 is 0 Å². The maximum atomic E-state index is 8.60. The van der Waals surface area contributed by atoms with Crippen LogP contribution in [0.2, 0.25) is 5.02 Å². The van der Waals surface area contributed by atoms with Crippen molar-refractivity contribution in [3.05, 3.63) is 21.8 Å². The normalized spacial score (nSPS) is 10.3. The van der Waals surface area contributed by atoms with Gasteiger partial charge in [0.1, 0.15) is 5.82 Å². The van der Waals surface area contributed by atoms with Gasteiger partial charge in [0.15, 0.2) is 0 Å². The molecule has 1 heterocycles.